The van der Waals surface area contributed by atoms with Crippen LogP contribution in [0.15, 0.2) is 35.7 Å². The lowest BCUT2D eigenvalue weighted by Gasteiger charge is -1.99. The molecule has 1 aromatic carbocycles. The van der Waals surface area contributed by atoms with Crippen molar-refractivity contribution in [3.05, 3.63) is 36.4 Å². The average Bonchev–Trinajstić information content (AvgIpc) is 2.18. The van der Waals surface area contributed by atoms with Crippen LogP contribution in [0.3, 0.4) is 0 Å². The fourth-order valence-corrected chi connectivity index (χ4v) is 1.41. The van der Waals surface area contributed by atoms with Crippen molar-refractivity contribution >= 4 is 16.2 Å². The third-order valence-electron chi connectivity index (χ3n) is 1.53. The second-order valence-corrected chi connectivity index (χ2v) is 3.90. The van der Waals surface area contributed by atoms with Gasteiger partial charge in [-0.25, -0.2) is 0 Å². The summed E-state index contributed by atoms with van der Waals surface area (Å²) in [7, 11) is -3.78. The predicted octanol–water partition coefficient (Wildman–Crippen LogP) is 0.909. The molecule has 0 radical (unpaired) electrons. The predicted molar refractivity (Wildman–Crippen MR) is 49.0 cm³/mol. The van der Waals surface area contributed by atoms with Gasteiger partial charge in [-0.3, -0.25) is 0 Å². The molecule has 0 unspecified atom stereocenters. The Bertz CT molecular complexity index is 394. The van der Waals surface area contributed by atoms with Gasteiger partial charge >= 0.3 is 10.1 Å². The minimum Gasteiger partial charge on any atom is -0.197 e. The van der Waals surface area contributed by atoms with E-state index in [4.69, 9.17) is 0 Å². The monoisotopic (exact) mass is 199 g/mol. The summed E-state index contributed by atoms with van der Waals surface area (Å²) in [6.45, 7) is 3.54. The molecule has 0 aromatic heterocycles. The quantitative estimate of drug-likeness (QED) is 0.734. The maximum absolute atomic E-state index is 11.0. The largest absolute Gasteiger partial charge is 0.312 e. The Kier molecular flexibility index (Phi) is 2.82. The van der Waals surface area contributed by atoms with Crippen molar-refractivity contribution in [1.82, 2.24) is 0 Å². The number of rotatable bonds is 3. The first kappa shape index (κ1) is 9.91. The third-order valence-corrected chi connectivity index (χ3v) is 2.63. The Hall–Kier alpha value is -1.17. The van der Waals surface area contributed by atoms with Crippen LogP contribution in [0.25, 0.3) is 6.08 Å². The van der Waals surface area contributed by atoms with Crippen molar-refractivity contribution in [1.29, 1.82) is 0 Å². The van der Waals surface area contributed by atoms with E-state index in [-0.39, 0.29) is 4.90 Å². The van der Waals surface area contributed by atoms with Crippen LogP contribution in [0.4, 0.5) is 0 Å². The van der Waals surface area contributed by atoms with Gasteiger partial charge in [0.1, 0.15) is 0 Å². The van der Waals surface area contributed by atoms with Gasteiger partial charge in [-0.2, -0.15) is 18.6 Å². The minimum absolute atomic E-state index is 0.0283. The van der Waals surface area contributed by atoms with Crippen LogP contribution >= 0.6 is 0 Å². The van der Waals surface area contributed by atoms with Crippen molar-refractivity contribution in [2.24, 2.45) is 5.90 Å². The molecule has 0 saturated carbocycles. The molecule has 0 atom stereocenters. The van der Waals surface area contributed by atoms with Crippen molar-refractivity contribution in [2.45, 2.75) is 4.90 Å². The number of benzene rings is 1. The third kappa shape index (κ3) is 2.15. The molecule has 0 aliphatic heterocycles. The zero-order chi connectivity index (χ0) is 9.90. The van der Waals surface area contributed by atoms with Crippen LogP contribution in [0.1, 0.15) is 5.56 Å². The maximum Gasteiger partial charge on any atom is 0.312 e. The van der Waals surface area contributed by atoms with Crippen LogP contribution in [0.2, 0.25) is 0 Å². The lowest BCUT2D eigenvalue weighted by Crippen LogP contribution is -2.10. The number of hydrogen-bond donors (Lipinski definition) is 1. The van der Waals surface area contributed by atoms with Crippen molar-refractivity contribution in [3.8, 4) is 0 Å². The summed E-state index contributed by atoms with van der Waals surface area (Å²) in [5.74, 6) is 4.60. The van der Waals surface area contributed by atoms with Crippen LogP contribution < -0.4 is 5.90 Å². The van der Waals surface area contributed by atoms with E-state index in [9.17, 15) is 8.42 Å². The molecule has 0 saturated heterocycles. The van der Waals surface area contributed by atoms with E-state index in [0.29, 0.717) is 0 Å². The molecule has 70 valence electrons. The van der Waals surface area contributed by atoms with E-state index >= 15 is 0 Å². The highest BCUT2D eigenvalue weighted by atomic mass is 32.2. The fraction of sp³-hybridized carbons (Fsp3) is 0. The Labute approximate surface area is 76.7 Å². The Morgan fingerprint density at radius 3 is 2.23 bits per heavy atom. The van der Waals surface area contributed by atoms with Crippen LogP contribution in [0.5, 0.6) is 0 Å². The van der Waals surface area contributed by atoms with Gasteiger partial charge in [-0.05, 0) is 17.7 Å². The van der Waals surface area contributed by atoms with Crippen LogP contribution in [0, 0.1) is 0 Å². The molecule has 0 amide bonds. The van der Waals surface area contributed by atoms with Crippen LogP contribution in [-0.2, 0) is 14.4 Å². The highest BCUT2D eigenvalue weighted by Gasteiger charge is 2.12. The maximum atomic E-state index is 11.0. The molecule has 2 N–H and O–H groups in total. The summed E-state index contributed by atoms with van der Waals surface area (Å²) in [5, 5.41) is 0. The fourth-order valence-electron chi connectivity index (χ4n) is 0.826. The van der Waals surface area contributed by atoms with E-state index in [2.05, 4.69) is 16.8 Å². The smallest absolute Gasteiger partial charge is 0.197 e. The first-order chi connectivity index (χ1) is 6.10. The van der Waals surface area contributed by atoms with Crippen molar-refractivity contribution < 1.29 is 12.7 Å². The van der Waals surface area contributed by atoms with Gasteiger partial charge in [0, 0.05) is 0 Å². The second-order valence-electron chi connectivity index (χ2n) is 2.32. The summed E-state index contributed by atoms with van der Waals surface area (Å²) in [6.07, 6.45) is 1.61. The van der Waals surface area contributed by atoms with Gasteiger partial charge in [0.2, 0.25) is 0 Å². The highest BCUT2D eigenvalue weighted by molar-refractivity contribution is 7.86. The summed E-state index contributed by atoms with van der Waals surface area (Å²) >= 11 is 0. The van der Waals surface area contributed by atoms with Gasteiger partial charge in [0.25, 0.3) is 0 Å². The van der Waals surface area contributed by atoms with Crippen molar-refractivity contribution in [3.63, 3.8) is 0 Å². The summed E-state index contributed by atoms with van der Waals surface area (Å²) < 4.78 is 25.9. The first-order valence-corrected chi connectivity index (χ1v) is 4.87. The molecular formula is C8H9NO3S. The number of hydrogen-bond acceptors (Lipinski definition) is 4. The van der Waals surface area contributed by atoms with E-state index < -0.39 is 10.1 Å². The molecule has 1 rings (SSSR count). The van der Waals surface area contributed by atoms with E-state index in [1.165, 1.54) is 12.1 Å². The zero-order valence-electron chi connectivity index (χ0n) is 6.80. The summed E-state index contributed by atoms with van der Waals surface area (Å²) in [6, 6.07) is 6.02. The van der Waals surface area contributed by atoms with Gasteiger partial charge in [0.05, 0.1) is 4.90 Å². The van der Waals surface area contributed by atoms with Crippen LogP contribution in [-0.4, -0.2) is 8.42 Å². The van der Waals surface area contributed by atoms with Gasteiger partial charge in [-0.15, -0.1) is 0 Å². The standard InChI is InChI=1S/C8H9NO3S/c1-2-7-3-5-8(6-4-7)13(10,11)12-9/h2-6H,1,9H2. The SMILES string of the molecule is C=Cc1ccc(S(=O)(=O)ON)cc1. The minimum atomic E-state index is -3.78. The lowest BCUT2D eigenvalue weighted by molar-refractivity contribution is 0.333. The van der Waals surface area contributed by atoms with Gasteiger partial charge in [-0.1, -0.05) is 24.8 Å². The molecule has 0 fully saturated rings. The molecular weight excluding hydrogens is 190 g/mol. The molecule has 0 aliphatic rings. The molecule has 0 bridgehead atoms. The molecule has 0 spiro atoms. The molecule has 0 heterocycles. The average molecular weight is 199 g/mol. The first-order valence-electron chi connectivity index (χ1n) is 3.46. The Balaban J connectivity index is 3.13. The number of nitrogens with two attached hydrogens (primary N) is 1. The Morgan fingerprint density at radius 1 is 1.31 bits per heavy atom. The van der Waals surface area contributed by atoms with E-state index in [1.807, 2.05) is 0 Å². The van der Waals surface area contributed by atoms with Gasteiger partial charge in [0.15, 0.2) is 0 Å². The molecule has 4 nitrogen and oxygen atoms in total. The molecule has 1 aromatic rings. The summed E-state index contributed by atoms with van der Waals surface area (Å²) in [4.78, 5) is 0.0283. The normalized spacial score (nSPS) is 11.2. The topological polar surface area (TPSA) is 69.4 Å². The lowest BCUT2D eigenvalue weighted by atomic mass is 10.2. The molecule has 13 heavy (non-hydrogen) atoms. The van der Waals surface area contributed by atoms with E-state index in [0.717, 1.165) is 5.56 Å². The summed E-state index contributed by atoms with van der Waals surface area (Å²) in [5.41, 5.74) is 0.830. The zero-order valence-corrected chi connectivity index (χ0v) is 7.62. The van der Waals surface area contributed by atoms with Gasteiger partial charge < -0.3 is 0 Å². The second kappa shape index (κ2) is 3.69. The highest BCUT2D eigenvalue weighted by Crippen LogP contribution is 2.12. The van der Waals surface area contributed by atoms with Crippen molar-refractivity contribution in [2.75, 3.05) is 0 Å². The van der Waals surface area contributed by atoms with E-state index in [1.54, 1.807) is 18.2 Å². The molecule has 0 aliphatic carbocycles. The molecule has 5 heteroatoms. The Morgan fingerprint density at radius 2 is 1.85 bits per heavy atom.